The standard InChI is InChI=1S/C11H21NO5S/c1-11(2,14)7-12-18(15,16)9-6-4-5-8(9)10(13)17-3/h8-9,12,14H,4-7H2,1-3H3. The van der Waals surface area contributed by atoms with Crippen LogP contribution in [0, 0.1) is 5.92 Å². The summed E-state index contributed by atoms with van der Waals surface area (Å²) >= 11 is 0. The molecule has 6 nitrogen and oxygen atoms in total. The molecule has 1 fully saturated rings. The highest BCUT2D eigenvalue weighted by Crippen LogP contribution is 2.31. The van der Waals surface area contributed by atoms with Crippen molar-refractivity contribution < 1.29 is 23.1 Å². The Morgan fingerprint density at radius 1 is 1.44 bits per heavy atom. The smallest absolute Gasteiger partial charge is 0.310 e. The fourth-order valence-corrected chi connectivity index (χ4v) is 4.03. The highest BCUT2D eigenvalue weighted by Gasteiger charge is 2.42. The second-order valence-electron chi connectivity index (χ2n) is 5.28. The summed E-state index contributed by atoms with van der Waals surface area (Å²) in [5, 5.41) is 8.77. The number of esters is 1. The fourth-order valence-electron chi connectivity index (χ4n) is 2.10. The molecule has 0 spiro atoms. The normalized spacial score (nSPS) is 25.1. The zero-order valence-electron chi connectivity index (χ0n) is 11.0. The van der Waals surface area contributed by atoms with Gasteiger partial charge in [0.25, 0.3) is 0 Å². The monoisotopic (exact) mass is 279 g/mol. The van der Waals surface area contributed by atoms with Gasteiger partial charge in [0.2, 0.25) is 10.0 Å². The van der Waals surface area contributed by atoms with Gasteiger partial charge in [-0.3, -0.25) is 4.79 Å². The Morgan fingerprint density at radius 3 is 2.56 bits per heavy atom. The van der Waals surface area contributed by atoms with Crippen molar-refractivity contribution >= 4 is 16.0 Å². The lowest BCUT2D eigenvalue weighted by Gasteiger charge is -2.22. The van der Waals surface area contributed by atoms with E-state index in [4.69, 9.17) is 0 Å². The lowest BCUT2D eigenvalue weighted by molar-refractivity contribution is -0.145. The predicted octanol–water partition coefficient (Wildman–Crippen LogP) is 0.0184. The van der Waals surface area contributed by atoms with E-state index in [0.717, 1.165) is 0 Å². The van der Waals surface area contributed by atoms with Crippen molar-refractivity contribution in [1.82, 2.24) is 4.72 Å². The molecule has 7 heteroatoms. The maximum Gasteiger partial charge on any atom is 0.310 e. The minimum atomic E-state index is -3.61. The first-order valence-corrected chi connectivity index (χ1v) is 7.51. The number of nitrogens with one attached hydrogen (secondary N) is 1. The van der Waals surface area contributed by atoms with Crippen LogP contribution in [0.2, 0.25) is 0 Å². The van der Waals surface area contributed by atoms with Crippen molar-refractivity contribution in [2.45, 2.75) is 44.0 Å². The van der Waals surface area contributed by atoms with E-state index in [1.165, 1.54) is 21.0 Å². The molecule has 1 saturated carbocycles. The average Bonchev–Trinajstić information content (AvgIpc) is 2.74. The van der Waals surface area contributed by atoms with Crippen molar-refractivity contribution in [3.05, 3.63) is 0 Å². The molecule has 18 heavy (non-hydrogen) atoms. The van der Waals surface area contributed by atoms with Gasteiger partial charge in [-0.25, -0.2) is 13.1 Å². The van der Waals surface area contributed by atoms with Crippen LogP contribution >= 0.6 is 0 Å². The number of aliphatic hydroxyl groups is 1. The van der Waals surface area contributed by atoms with Crippen molar-refractivity contribution in [2.75, 3.05) is 13.7 Å². The average molecular weight is 279 g/mol. The number of methoxy groups -OCH3 is 1. The van der Waals surface area contributed by atoms with Crippen LogP contribution in [0.3, 0.4) is 0 Å². The number of hydrogen-bond acceptors (Lipinski definition) is 5. The largest absolute Gasteiger partial charge is 0.469 e. The van der Waals surface area contributed by atoms with Crippen LogP contribution in [0.15, 0.2) is 0 Å². The van der Waals surface area contributed by atoms with E-state index in [9.17, 15) is 18.3 Å². The minimum Gasteiger partial charge on any atom is -0.469 e. The molecule has 0 bridgehead atoms. The molecule has 2 unspecified atom stereocenters. The molecule has 0 radical (unpaired) electrons. The van der Waals surface area contributed by atoms with E-state index in [2.05, 4.69) is 9.46 Å². The van der Waals surface area contributed by atoms with Crippen LogP contribution < -0.4 is 4.72 Å². The Hall–Kier alpha value is -0.660. The van der Waals surface area contributed by atoms with Gasteiger partial charge in [0.05, 0.1) is 23.9 Å². The summed E-state index contributed by atoms with van der Waals surface area (Å²) in [5.74, 6) is -1.08. The highest BCUT2D eigenvalue weighted by atomic mass is 32.2. The van der Waals surface area contributed by atoms with E-state index in [0.29, 0.717) is 19.3 Å². The molecule has 0 heterocycles. The summed E-state index contributed by atoms with van der Waals surface area (Å²) in [6, 6.07) is 0. The van der Waals surface area contributed by atoms with E-state index in [1.54, 1.807) is 0 Å². The van der Waals surface area contributed by atoms with Gasteiger partial charge in [0.15, 0.2) is 0 Å². The van der Waals surface area contributed by atoms with Crippen LogP contribution in [0.25, 0.3) is 0 Å². The molecule has 0 aromatic rings. The molecular weight excluding hydrogens is 258 g/mol. The minimum absolute atomic E-state index is 0.0697. The van der Waals surface area contributed by atoms with Gasteiger partial charge in [-0.1, -0.05) is 6.42 Å². The van der Waals surface area contributed by atoms with E-state index in [-0.39, 0.29) is 6.54 Å². The molecule has 0 aliphatic heterocycles. The molecule has 1 aliphatic rings. The topological polar surface area (TPSA) is 92.7 Å². The predicted molar refractivity (Wildman–Crippen MR) is 66.4 cm³/mol. The Labute approximate surface area is 108 Å². The summed E-state index contributed by atoms with van der Waals surface area (Å²) in [4.78, 5) is 11.5. The van der Waals surface area contributed by atoms with E-state index in [1.807, 2.05) is 0 Å². The molecular formula is C11H21NO5S. The summed E-state index contributed by atoms with van der Waals surface area (Å²) in [5.41, 5.74) is -1.12. The van der Waals surface area contributed by atoms with Gasteiger partial charge in [0.1, 0.15) is 0 Å². The molecule has 1 rings (SSSR count). The fraction of sp³-hybridized carbons (Fsp3) is 0.909. The second-order valence-corrected chi connectivity index (χ2v) is 7.26. The molecule has 0 aromatic carbocycles. The Morgan fingerprint density at radius 2 is 2.06 bits per heavy atom. The van der Waals surface area contributed by atoms with Crippen molar-refractivity contribution in [3.63, 3.8) is 0 Å². The number of sulfonamides is 1. The van der Waals surface area contributed by atoms with Crippen molar-refractivity contribution in [2.24, 2.45) is 5.92 Å². The third-order valence-electron chi connectivity index (χ3n) is 3.06. The van der Waals surface area contributed by atoms with Crippen LogP contribution in [0.5, 0.6) is 0 Å². The molecule has 0 amide bonds. The zero-order valence-corrected chi connectivity index (χ0v) is 11.8. The van der Waals surface area contributed by atoms with E-state index < -0.39 is 32.8 Å². The zero-order chi connectivity index (χ0) is 14.0. The quantitative estimate of drug-likeness (QED) is 0.692. The van der Waals surface area contributed by atoms with Gasteiger partial charge >= 0.3 is 5.97 Å². The van der Waals surface area contributed by atoms with Crippen molar-refractivity contribution in [3.8, 4) is 0 Å². The first-order valence-electron chi connectivity index (χ1n) is 5.96. The van der Waals surface area contributed by atoms with Crippen molar-refractivity contribution in [1.29, 1.82) is 0 Å². The third kappa shape index (κ3) is 3.93. The first-order chi connectivity index (χ1) is 8.17. The highest BCUT2D eigenvalue weighted by molar-refractivity contribution is 7.90. The molecule has 1 aliphatic carbocycles. The lowest BCUT2D eigenvalue weighted by atomic mass is 10.1. The first kappa shape index (κ1) is 15.4. The Balaban J connectivity index is 2.75. The van der Waals surface area contributed by atoms with Gasteiger partial charge in [-0.05, 0) is 26.7 Å². The van der Waals surface area contributed by atoms with Gasteiger partial charge in [-0.15, -0.1) is 0 Å². The maximum atomic E-state index is 12.1. The molecule has 2 atom stereocenters. The molecule has 2 N–H and O–H groups in total. The van der Waals surface area contributed by atoms with Gasteiger partial charge in [0, 0.05) is 6.54 Å². The van der Waals surface area contributed by atoms with Gasteiger partial charge in [-0.2, -0.15) is 0 Å². The third-order valence-corrected chi connectivity index (χ3v) is 4.97. The SMILES string of the molecule is COC(=O)C1CCCC1S(=O)(=O)NCC(C)(C)O. The van der Waals surface area contributed by atoms with Crippen LogP contribution in [0.4, 0.5) is 0 Å². The van der Waals surface area contributed by atoms with Crippen LogP contribution in [-0.4, -0.2) is 44.0 Å². The summed E-state index contributed by atoms with van der Waals surface area (Å²) in [6.07, 6.45) is 1.66. The Bertz CT molecular complexity index is 398. The number of rotatable bonds is 5. The van der Waals surface area contributed by atoms with Crippen LogP contribution in [0.1, 0.15) is 33.1 Å². The van der Waals surface area contributed by atoms with E-state index >= 15 is 0 Å². The number of ether oxygens (including phenoxy) is 1. The number of carbonyl (C=O) groups is 1. The maximum absolute atomic E-state index is 12.1. The molecule has 0 saturated heterocycles. The number of hydrogen-bond donors (Lipinski definition) is 2. The molecule has 0 aromatic heterocycles. The summed E-state index contributed by atoms with van der Waals surface area (Å²) in [7, 11) is -2.35. The lowest BCUT2D eigenvalue weighted by Crippen LogP contribution is -2.44. The number of carbonyl (C=O) groups excluding carboxylic acids is 1. The molecule has 106 valence electrons. The van der Waals surface area contributed by atoms with Crippen LogP contribution in [-0.2, 0) is 19.6 Å². The Kier molecular flexibility index (Phi) is 4.74. The summed E-state index contributed by atoms with van der Waals surface area (Å²) in [6.45, 7) is 2.96. The summed E-state index contributed by atoms with van der Waals surface area (Å²) < 4.78 is 31.1. The van der Waals surface area contributed by atoms with Gasteiger partial charge < -0.3 is 9.84 Å². The second kappa shape index (κ2) is 5.54.